The molecule has 3 heterocycles. The minimum atomic E-state index is -1.64. The minimum absolute atomic E-state index is 1.36. The average Bonchev–Trinajstić information content (AvgIpc) is 3.09. The fraction of sp³-hybridized carbons (Fsp3) is 0.421. The molecule has 1 fully saturated rings. The van der Waals surface area contributed by atoms with E-state index in [9.17, 15) is 0 Å². The standard InChI is InChI=1S/C19H24GeN/c1-15-7-3-4-8-17(15)19-13-16-9-12-20(10-5-6-11-20)18(16)14-21(19)2/h3-4,7-8,13-14H,5-6,9-12H2,1-2H3/q+1. The number of aryl methyl sites for hydroxylation is 3. The molecule has 1 aromatic heterocycles. The van der Waals surface area contributed by atoms with Crippen LogP contribution in [0.15, 0.2) is 36.5 Å². The van der Waals surface area contributed by atoms with Crippen LogP contribution in [0.25, 0.3) is 11.3 Å². The van der Waals surface area contributed by atoms with E-state index in [1.54, 1.807) is 21.3 Å². The number of pyridine rings is 1. The summed E-state index contributed by atoms with van der Waals surface area (Å²) >= 11 is -1.64. The van der Waals surface area contributed by atoms with Crippen LogP contribution in [0.4, 0.5) is 0 Å². The molecule has 1 spiro atoms. The Hall–Kier alpha value is -1.09. The van der Waals surface area contributed by atoms with Gasteiger partial charge < -0.3 is 0 Å². The van der Waals surface area contributed by atoms with Gasteiger partial charge in [-0.05, 0) is 0 Å². The Bertz CT molecular complexity index is 699. The Balaban J connectivity index is 1.85. The van der Waals surface area contributed by atoms with Gasteiger partial charge in [0.2, 0.25) is 0 Å². The first kappa shape index (κ1) is 13.6. The molecule has 2 aliphatic heterocycles. The molecule has 108 valence electrons. The van der Waals surface area contributed by atoms with E-state index in [0.29, 0.717) is 0 Å². The van der Waals surface area contributed by atoms with Crippen molar-refractivity contribution in [2.45, 2.75) is 41.9 Å². The second-order valence-corrected chi connectivity index (χ2v) is 16.7. The number of hydrogen-bond donors (Lipinski definition) is 0. The van der Waals surface area contributed by atoms with Gasteiger partial charge in [-0.2, -0.15) is 0 Å². The van der Waals surface area contributed by atoms with Crippen molar-refractivity contribution in [2.24, 2.45) is 7.05 Å². The summed E-state index contributed by atoms with van der Waals surface area (Å²) in [5.74, 6) is 0. The second kappa shape index (κ2) is 4.98. The number of benzene rings is 1. The Morgan fingerprint density at radius 1 is 1.05 bits per heavy atom. The topological polar surface area (TPSA) is 3.88 Å². The first-order valence-corrected chi connectivity index (χ1v) is 13.8. The quantitative estimate of drug-likeness (QED) is 0.553. The predicted octanol–water partition coefficient (Wildman–Crippen LogP) is 3.49. The van der Waals surface area contributed by atoms with Gasteiger partial charge in [-0.25, -0.2) is 0 Å². The van der Waals surface area contributed by atoms with E-state index in [1.165, 1.54) is 36.1 Å². The average molecular weight is 339 g/mol. The summed E-state index contributed by atoms with van der Waals surface area (Å²) in [6.45, 7) is 2.22. The summed E-state index contributed by atoms with van der Waals surface area (Å²) in [4.78, 5) is 0. The number of rotatable bonds is 1. The summed E-state index contributed by atoms with van der Waals surface area (Å²) in [5, 5.41) is 4.75. The third-order valence-corrected chi connectivity index (χ3v) is 17.2. The van der Waals surface area contributed by atoms with Crippen LogP contribution >= 0.6 is 0 Å². The molecule has 2 aliphatic rings. The zero-order valence-electron chi connectivity index (χ0n) is 13.2. The molecule has 2 heteroatoms. The number of fused-ring (bicyclic) bond motifs is 2. The molecule has 0 N–H and O–H groups in total. The molecule has 0 unspecified atom stereocenters. The van der Waals surface area contributed by atoms with E-state index in [1.807, 2.05) is 4.40 Å². The van der Waals surface area contributed by atoms with Crippen molar-refractivity contribution in [1.82, 2.24) is 0 Å². The van der Waals surface area contributed by atoms with Crippen molar-refractivity contribution in [3.8, 4) is 11.3 Å². The van der Waals surface area contributed by atoms with E-state index >= 15 is 0 Å². The molecule has 1 nitrogen and oxygen atoms in total. The molecule has 2 aromatic rings. The molecular formula is C19H24GeN+. The van der Waals surface area contributed by atoms with E-state index in [0.717, 1.165) is 0 Å². The van der Waals surface area contributed by atoms with Gasteiger partial charge in [0.25, 0.3) is 0 Å². The summed E-state index contributed by atoms with van der Waals surface area (Å²) < 4.78 is 4.24. The fourth-order valence-corrected chi connectivity index (χ4v) is 16.1. The molecule has 4 rings (SSSR count). The molecule has 0 atom stereocenters. The first-order valence-electron chi connectivity index (χ1n) is 8.29. The molecule has 0 aliphatic carbocycles. The normalized spacial score (nSPS) is 19.1. The van der Waals surface area contributed by atoms with Gasteiger partial charge in [0.15, 0.2) is 0 Å². The molecule has 0 amide bonds. The van der Waals surface area contributed by atoms with Crippen molar-refractivity contribution in [2.75, 3.05) is 0 Å². The van der Waals surface area contributed by atoms with Crippen LogP contribution in [-0.2, 0) is 13.5 Å². The van der Waals surface area contributed by atoms with Gasteiger partial charge in [-0.15, -0.1) is 0 Å². The van der Waals surface area contributed by atoms with Crippen molar-refractivity contribution < 1.29 is 4.57 Å². The van der Waals surface area contributed by atoms with Crippen LogP contribution in [0.3, 0.4) is 0 Å². The van der Waals surface area contributed by atoms with Crippen LogP contribution < -0.4 is 8.96 Å². The summed E-state index contributed by atoms with van der Waals surface area (Å²) in [6, 6.07) is 11.3. The zero-order chi connectivity index (χ0) is 14.4. The number of aromatic nitrogens is 1. The van der Waals surface area contributed by atoms with Crippen LogP contribution in [0, 0.1) is 6.92 Å². The van der Waals surface area contributed by atoms with Crippen LogP contribution in [0.1, 0.15) is 24.0 Å². The van der Waals surface area contributed by atoms with Gasteiger partial charge in [0.05, 0.1) is 0 Å². The van der Waals surface area contributed by atoms with Crippen molar-refractivity contribution >= 4 is 17.7 Å². The Morgan fingerprint density at radius 2 is 1.81 bits per heavy atom. The molecule has 1 saturated heterocycles. The summed E-state index contributed by atoms with van der Waals surface area (Å²) in [7, 11) is 2.24. The molecule has 21 heavy (non-hydrogen) atoms. The molecule has 0 saturated carbocycles. The van der Waals surface area contributed by atoms with Gasteiger partial charge in [-0.3, -0.25) is 0 Å². The van der Waals surface area contributed by atoms with Gasteiger partial charge in [0, 0.05) is 0 Å². The SMILES string of the molecule is Cc1ccccc1-c1cc2[c](c[n+]1C)[Ge]1([CH2]CC[CH2]1)[CH2]C2. The van der Waals surface area contributed by atoms with Crippen LogP contribution in [-0.4, -0.2) is 13.3 Å². The van der Waals surface area contributed by atoms with E-state index in [-0.39, 0.29) is 0 Å². The monoisotopic (exact) mass is 340 g/mol. The summed E-state index contributed by atoms with van der Waals surface area (Å²) in [6.07, 6.45) is 6.88. The third kappa shape index (κ3) is 2.09. The first-order chi connectivity index (χ1) is 10.2. The van der Waals surface area contributed by atoms with Crippen LogP contribution in [0.5, 0.6) is 0 Å². The molecular weight excluding hydrogens is 315 g/mol. The maximum absolute atomic E-state index is 2.52. The second-order valence-electron chi connectivity index (χ2n) is 7.01. The summed E-state index contributed by atoms with van der Waals surface area (Å²) in [5.41, 5.74) is 5.85. The van der Waals surface area contributed by atoms with Gasteiger partial charge >= 0.3 is 130 Å². The van der Waals surface area contributed by atoms with E-state index in [4.69, 9.17) is 0 Å². The van der Waals surface area contributed by atoms with Gasteiger partial charge in [0.1, 0.15) is 0 Å². The van der Waals surface area contributed by atoms with E-state index < -0.39 is 13.3 Å². The van der Waals surface area contributed by atoms with Crippen LogP contribution in [0.2, 0.25) is 15.8 Å². The van der Waals surface area contributed by atoms with Crippen molar-refractivity contribution in [1.29, 1.82) is 0 Å². The molecule has 0 bridgehead atoms. The van der Waals surface area contributed by atoms with Gasteiger partial charge in [-0.1, -0.05) is 0 Å². The van der Waals surface area contributed by atoms with Crippen molar-refractivity contribution in [3.05, 3.63) is 47.7 Å². The Kier molecular flexibility index (Phi) is 3.22. The fourth-order valence-electron chi connectivity index (χ4n) is 4.58. The Labute approximate surface area is 130 Å². The zero-order valence-corrected chi connectivity index (χ0v) is 15.3. The molecule has 1 aromatic carbocycles. The Morgan fingerprint density at radius 3 is 2.57 bits per heavy atom. The van der Waals surface area contributed by atoms with E-state index in [2.05, 4.69) is 55.1 Å². The number of hydrogen-bond acceptors (Lipinski definition) is 0. The number of nitrogens with zero attached hydrogens (tertiary/aromatic N) is 1. The predicted molar refractivity (Wildman–Crippen MR) is 90.5 cm³/mol. The van der Waals surface area contributed by atoms with Crippen molar-refractivity contribution in [3.63, 3.8) is 0 Å². The third-order valence-electron chi connectivity index (χ3n) is 5.79. The maximum atomic E-state index is 2.52. The molecule has 0 radical (unpaired) electrons.